The maximum absolute atomic E-state index is 5.80. The lowest BCUT2D eigenvalue weighted by molar-refractivity contribution is 0.226. The van der Waals surface area contributed by atoms with E-state index in [1.165, 1.54) is 51.4 Å². The minimum atomic E-state index is 0.240. The van der Waals surface area contributed by atoms with Crippen molar-refractivity contribution in [2.24, 2.45) is 22.2 Å². The van der Waals surface area contributed by atoms with Gasteiger partial charge in [-0.15, -0.1) is 0 Å². The van der Waals surface area contributed by atoms with Crippen LogP contribution in [0.2, 0.25) is 0 Å². The van der Waals surface area contributed by atoms with Crippen molar-refractivity contribution < 1.29 is 4.74 Å². The maximum atomic E-state index is 5.80. The van der Waals surface area contributed by atoms with Crippen LogP contribution in [0.4, 0.5) is 0 Å². The van der Waals surface area contributed by atoms with Crippen molar-refractivity contribution in [1.29, 1.82) is 0 Å². The van der Waals surface area contributed by atoms with E-state index >= 15 is 0 Å². The van der Waals surface area contributed by atoms with Crippen LogP contribution in [0.1, 0.15) is 79.1 Å². The quantitative estimate of drug-likeness (QED) is 0.645. The van der Waals surface area contributed by atoms with Gasteiger partial charge in [0, 0.05) is 5.92 Å². The predicted octanol–water partition coefficient (Wildman–Crippen LogP) is 5.22. The molecule has 3 atom stereocenters. The van der Waals surface area contributed by atoms with Crippen LogP contribution < -0.4 is 0 Å². The van der Waals surface area contributed by atoms with Gasteiger partial charge in [-0.2, -0.15) is 0 Å². The summed E-state index contributed by atoms with van der Waals surface area (Å²) in [4.78, 5) is 4.79. The van der Waals surface area contributed by atoms with Crippen LogP contribution in [-0.4, -0.2) is 18.5 Å². The molecular weight excluding hydrogens is 246 g/mol. The zero-order chi connectivity index (χ0) is 14.6. The average Bonchev–Trinajstić information content (AvgIpc) is 3.11. The molecule has 0 bridgehead atoms. The van der Waals surface area contributed by atoms with E-state index < -0.39 is 0 Å². The van der Waals surface area contributed by atoms with Gasteiger partial charge in [0.05, 0.1) is 6.04 Å². The Morgan fingerprint density at radius 3 is 1.95 bits per heavy atom. The highest BCUT2D eigenvalue weighted by Gasteiger charge is 2.36. The molecule has 3 aliphatic rings. The van der Waals surface area contributed by atoms with Crippen molar-refractivity contribution in [3.05, 3.63) is 0 Å². The molecule has 0 amide bonds. The van der Waals surface area contributed by atoms with Gasteiger partial charge in [0.2, 0.25) is 0 Å². The minimum Gasteiger partial charge on any atom is -0.478 e. The molecule has 2 aliphatic carbocycles. The molecule has 0 aromatic carbocycles. The van der Waals surface area contributed by atoms with E-state index in [-0.39, 0.29) is 5.41 Å². The van der Waals surface area contributed by atoms with E-state index in [1.807, 2.05) is 0 Å². The molecular formula is C18H33NO. The Kier molecular flexibility index (Phi) is 5.51. The molecule has 0 spiro atoms. The van der Waals surface area contributed by atoms with Gasteiger partial charge in [-0.05, 0) is 24.2 Å². The monoisotopic (exact) mass is 279 g/mol. The Morgan fingerprint density at radius 2 is 1.55 bits per heavy atom. The summed E-state index contributed by atoms with van der Waals surface area (Å²) in [5.41, 5.74) is 0.240. The van der Waals surface area contributed by atoms with Crippen LogP contribution in [0.3, 0.4) is 0 Å². The second-order valence-electron chi connectivity index (χ2n) is 7.94. The third kappa shape index (κ3) is 4.23. The van der Waals surface area contributed by atoms with Crippen LogP contribution in [0.15, 0.2) is 4.99 Å². The molecule has 2 saturated carbocycles. The summed E-state index contributed by atoms with van der Waals surface area (Å²) < 4.78 is 5.80. The van der Waals surface area contributed by atoms with Crippen LogP contribution in [-0.2, 0) is 4.74 Å². The highest BCUT2D eigenvalue weighted by Crippen LogP contribution is 2.36. The molecule has 2 nitrogen and oxygen atoms in total. The summed E-state index contributed by atoms with van der Waals surface area (Å²) in [5.74, 6) is 2.43. The van der Waals surface area contributed by atoms with E-state index in [1.54, 1.807) is 0 Å². The summed E-state index contributed by atoms with van der Waals surface area (Å²) in [7, 11) is 0. The van der Waals surface area contributed by atoms with Gasteiger partial charge in [0.15, 0.2) is 5.90 Å². The zero-order valence-electron chi connectivity index (χ0n) is 14.0. The summed E-state index contributed by atoms with van der Waals surface area (Å²) in [5, 5.41) is 0. The number of hydrogen-bond acceptors (Lipinski definition) is 2. The first kappa shape index (κ1) is 15.9. The van der Waals surface area contributed by atoms with Gasteiger partial charge >= 0.3 is 0 Å². The van der Waals surface area contributed by atoms with E-state index in [0.717, 1.165) is 18.4 Å². The predicted molar refractivity (Wildman–Crippen MR) is 86.2 cm³/mol. The van der Waals surface area contributed by atoms with Gasteiger partial charge in [-0.25, -0.2) is 4.99 Å². The van der Waals surface area contributed by atoms with E-state index in [2.05, 4.69) is 27.7 Å². The normalized spacial score (nSPS) is 33.4. The molecule has 3 rings (SSSR count). The third-order valence-corrected chi connectivity index (χ3v) is 5.10. The molecule has 116 valence electrons. The minimum absolute atomic E-state index is 0.240. The first-order valence-electron chi connectivity index (χ1n) is 8.69. The molecule has 0 aromatic heterocycles. The number of nitrogens with zero attached hydrogens (tertiary/aromatic N) is 1. The summed E-state index contributed by atoms with van der Waals surface area (Å²) in [6.45, 7) is 9.85. The molecule has 0 saturated heterocycles. The maximum Gasteiger partial charge on any atom is 0.187 e. The Morgan fingerprint density at radius 1 is 0.950 bits per heavy atom. The molecule has 0 N–H and O–H groups in total. The number of aliphatic imine (C=N–C) groups is 1. The van der Waals surface area contributed by atoms with Crippen LogP contribution in [0, 0.1) is 17.3 Å². The largest absolute Gasteiger partial charge is 0.478 e. The highest BCUT2D eigenvalue weighted by molar-refractivity contribution is 5.80. The van der Waals surface area contributed by atoms with Gasteiger partial charge in [-0.1, -0.05) is 66.2 Å². The summed E-state index contributed by atoms with van der Waals surface area (Å²) in [6.07, 6.45) is 11.5. The molecule has 2 fully saturated rings. The topological polar surface area (TPSA) is 21.6 Å². The molecule has 2 unspecified atom stereocenters. The fourth-order valence-corrected chi connectivity index (χ4v) is 3.44. The molecule has 1 aliphatic heterocycles. The molecule has 0 radical (unpaired) electrons. The van der Waals surface area contributed by atoms with E-state index in [4.69, 9.17) is 9.73 Å². The fourth-order valence-electron chi connectivity index (χ4n) is 3.44. The molecule has 1 heterocycles. The van der Waals surface area contributed by atoms with Crippen LogP contribution in [0.25, 0.3) is 0 Å². The van der Waals surface area contributed by atoms with Gasteiger partial charge < -0.3 is 4.74 Å². The number of ether oxygens (including phenoxy) is 1. The Labute approximate surface area is 125 Å². The second-order valence-corrected chi connectivity index (χ2v) is 7.94. The Hall–Kier alpha value is -0.530. The lowest BCUT2D eigenvalue weighted by atomic mass is 9.88. The first-order chi connectivity index (χ1) is 9.48. The van der Waals surface area contributed by atoms with Crippen LogP contribution >= 0.6 is 0 Å². The van der Waals surface area contributed by atoms with Crippen molar-refractivity contribution in [3.63, 3.8) is 0 Å². The van der Waals surface area contributed by atoms with Crippen molar-refractivity contribution in [2.45, 2.75) is 85.1 Å². The van der Waals surface area contributed by atoms with Gasteiger partial charge in [-0.3, -0.25) is 0 Å². The van der Waals surface area contributed by atoms with Crippen molar-refractivity contribution in [3.8, 4) is 0 Å². The first-order valence-corrected chi connectivity index (χ1v) is 8.69. The van der Waals surface area contributed by atoms with E-state index in [9.17, 15) is 0 Å². The second kappa shape index (κ2) is 6.95. The summed E-state index contributed by atoms with van der Waals surface area (Å²) in [6, 6.07) is 0.361. The van der Waals surface area contributed by atoms with Gasteiger partial charge in [0.1, 0.15) is 6.61 Å². The third-order valence-electron chi connectivity index (χ3n) is 5.10. The molecule has 0 aromatic rings. The molecule has 2 heteroatoms. The SMILES string of the molecule is C1CCCC1.CC1CCCC1C1=N[C@@H](C(C)(C)C)CO1. The standard InChI is InChI=1S/C13H23NO.C5H10/c1-9-6-5-7-10(9)12-14-11(8-15-12)13(2,3)4;1-2-4-5-3-1/h9-11H,5-8H2,1-4H3;1-5H2/t9?,10?,11-;/m1./s1. The Bertz CT molecular complexity index is 317. The average molecular weight is 279 g/mol. The van der Waals surface area contributed by atoms with Crippen molar-refractivity contribution in [2.75, 3.05) is 6.61 Å². The van der Waals surface area contributed by atoms with Crippen molar-refractivity contribution in [1.82, 2.24) is 0 Å². The van der Waals surface area contributed by atoms with Gasteiger partial charge in [0.25, 0.3) is 0 Å². The Balaban J connectivity index is 0.000000247. The van der Waals surface area contributed by atoms with E-state index in [0.29, 0.717) is 12.0 Å². The smallest absolute Gasteiger partial charge is 0.187 e. The summed E-state index contributed by atoms with van der Waals surface area (Å²) >= 11 is 0. The lowest BCUT2D eigenvalue weighted by Gasteiger charge is -2.22. The number of hydrogen-bond donors (Lipinski definition) is 0. The fraction of sp³-hybridized carbons (Fsp3) is 0.944. The number of rotatable bonds is 1. The zero-order valence-corrected chi connectivity index (χ0v) is 14.0. The highest BCUT2D eigenvalue weighted by atomic mass is 16.5. The lowest BCUT2D eigenvalue weighted by Crippen LogP contribution is -2.25. The molecule has 20 heavy (non-hydrogen) atoms. The van der Waals surface area contributed by atoms with Crippen LogP contribution in [0.5, 0.6) is 0 Å². The van der Waals surface area contributed by atoms with Crippen molar-refractivity contribution >= 4 is 5.90 Å².